The minimum absolute atomic E-state index is 0.225. The van der Waals surface area contributed by atoms with Crippen molar-refractivity contribution in [1.29, 1.82) is 0 Å². The van der Waals surface area contributed by atoms with E-state index in [4.69, 9.17) is 10.5 Å². The summed E-state index contributed by atoms with van der Waals surface area (Å²) >= 11 is 3.37. The van der Waals surface area contributed by atoms with Crippen LogP contribution in [0.4, 0.5) is 11.4 Å². The Hall–Kier alpha value is -2.01. The van der Waals surface area contributed by atoms with Crippen LogP contribution in [0.15, 0.2) is 40.9 Å². The normalized spacial score (nSPS) is 10.2. The van der Waals surface area contributed by atoms with Gasteiger partial charge >= 0.3 is 0 Å². The zero-order valence-corrected chi connectivity index (χ0v) is 12.8. The van der Waals surface area contributed by atoms with Crippen LogP contribution < -0.4 is 15.8 Å². The number of nitrogens with one attached hydrogen (secondary N) is 1. The number of carbonyl (C=O) groups is 1. The highest BCUT2D eigenvalue weighted by atomic mass is 79.9. The number of aryl methyl sites for hydroxylation is 1. The average Bonchev–Trinajstić information content (AvgIpc) is 2.37. The number of rotatable bonds is 3. The van der Waals surface area contributed by atoms with Crippen molar-refractivity contribution in [3.63, 3.8) is 0 Å². The number of benzene rings is 2. The summed E-state index contributed by atoms with van der Waals surface area (Å²) in [5, 5.41) is 2.82. The fourth-order valence-corrected chi connectivity index (χ4v) is 2.28. The number of hydrogen-bond acceptors (Lipinski definition) is 3. The molecule has 0 aliphatic heterocycles. The number of nitrogen functional groups attached to an aromatic ring is 1. The molecule has 0 unspecified atom stereocenters. The van der Waals surface area contributed by atoms with Crippen molar-refractivity contribution >= 4 is 33.2 Å². The number of anilines is 2. The molecule has 0 heterocycles. The van der Waals surface area contributed by atoms with Gasteiger partial charge in [-0.2, -0.15) is 0 Å². The Morgan fingerprint density at radius 3 is 2.65 bits per heavy atom. The first-order valence-corrected chi connectivity index (χ1v) is 6.81. The van der Waals surface area contributed by atoms with Crippen molar-refractivity contribution in [2.75, 3.05) is 18.2 Å². The third-order valence-corrected chi connectivity index (χ3v) is 3.26. The van der Waals surface area contributed by atoms with Gasteiger partial charge in [0.1, 0.15) is 5.75 Å². The average molecular weight is 335 g/mol. The number of ether oxygens (including phenoxy) is 1. The van der Waals surface area contributed by atoms with Crippen molar-refractivity contribution in [2.24, 2.45) is 0 Å². The molecule has 0 radical (unpaired) electrons. The molecule has 20 heavy (non-hydrogen) atoms. The highest BCUT2D eigenvalue weighted by Gasteiger charge is 2.11. The molecule has 0 fully saturated rings. The lowest BCUT2D eigenvalue weighted by molar-refractivity contribution is 0.102. The van der Waals surface area contributed by atoms with Gasteiger partial charge in [0.15, 0.2) is 0 Å². The summed E-state index contributed by atoms with van der Waals surface area (Å²) in [6.45, 7) is 1.90. The molecule has 2 aromatic rings. The van der Waals surface area contributed by atoms with Crippen molar-refractivity contribution in [3.8, 4) is 5.75 Å². The number of nitrogens with two attached hydrogens (primary N) is 1. The maximum absolute atomic E-state index is 12.3. The molecule has 0 spiro atoms. The summed E-state index contributed by atoms with van der Waals surface area (Å²) in [6.07, 6.45) is 0. The van der Waals surface area contributed by atoms with E-state index in [1.54, 1.807) is 31.4 Å². The molecule has 0 aliphatic rings. The van der Waals surface area contributed by atoms with Crippen molar-refractivity contribution in [2.45, 2.75) is 6.92 Å². The second kappa shape index (κ2) is 5.96. The fraction of sp³-hybridized carbons (Fsp3) is 0.133. The third kappa shape index (κ3) is 3.30. The minimum Gasteiger partial charge on any atom is -0.495 e. The number of methoxy groups -OCH3 is 1. The van der Waals surface area contributed by atoms with E-state index in [2.05, 4.69) is 21.2 Å². The summed E-state index contributed by atoms with van der Waals surface area (Å²) < 4.78 is 6.08. The van der Waals surface area contributed by atoms with E-state index in [1.165, 1.54) is 0 Å². The number of amides is 1. The van der Waals surface area contributed by atoms with Crippen molar-refractivity contribution in [1.82, 2.24) is 0 Å². The van der Waals surface area contributed by atoms with Crippen LogP contribution in [0.3, 0.4) is 0 Å². The van der Waals surface area contributed by atoms with Crippen LogP contribution in [0.5, 0.6) is 5.75 Å². The molecule has 0 aliphatic carbocycles. The molecule has 1 amide bonds. The van der Waals surface area contributed by atoms with E-state index < -0.39 is 0 Å². The summed E-state index contributed by atoms with van der Waals surface area (Å²) in [6, 6.07) is 10.7. The van der Waals surface area contributed by atoms with Gasteiger partial charge in [-0.3, -0.25) is 4.79 Å². The van der Waals surface area contributed by atoms with Gasteiger partial charge in [-0.1, -0.05) is 15.9 Å². The predicted molar refractivity (Wildman–Crippen MR) is 84.2 cm³/mol. The van der Waals surface area contributed by atoms with Gasteiger partial charge in [0.2, 0.25) is 0 Å². The highest BCUT2D eigenvalue weighted by molar-refractivity contribution is 9.10. The maximum Gasteiger partial charge on any atom is 0.255 e. The zero-order chi connectivity index (χ0) is 14.7. The predicted octanol–water partition coefficient (Wildman–Crippen LogP) is 3.60. The molecule has 104 valence electrons. The lowest BCUT2D eigenvalue weighted by Gasteiger charge is -2.11. The molecule has 2 rings (SSSR count). The smallest absolute Gasteiger partial charge is 0.255 e. The topological polar surface area (TPSA) is 64.3 Å². The molecule has 0 atom stereocenters. The van der Waals surface area contributed by atoms with Crippen LogP contribution in [0.1, 0.15) is 15.9 Å². The second-order valence-electron chi connectivity index (χ2n) is 4.43. The quantitative estimate of drug-likeness (QED) is 0.843. The van der Waals surface area contributed by atoms with Crippen molar-refractivity contribution < 1.29 is 9.53 Å². The fourth-order valence-electron chi connectivity index (χ4n) is 1.92. The van der Waals surface area contributed by atoms with Crippen molar-refractivity contribution in [3.05, 3.63) is 52.0 Å². The van der Waals surface area contributed by atoms with E-state index in [0.717, 1.165) is 10.0 Å². The summed E-state index contributed by atoms with van der Waals surface area (Å²) in [7, 11) is 1.56. The lowest BCUT2D eigenvalue weighted by Crippen LogP contribution is -2.13. The summed E-state index contributed by atoms with van der Waals surface area (Å²) in [5.41, 5.74) is 8.39. The van der Waals surface area contributed by atoms with Crippen LogP contribution in [-0.2, 0) is 0 Å². The van der Waals surface area contributed by atoms with Crippen LogP contribution in [0, 0.1) is 6.92 Å². The van der Waals surface area contributed by atoms with E-state index in [9.17, 15) is 4.79 Å². The second-order valence-corrected chi connectivity index (χ2v) is 5.35. The Kier molecular flexibility index (Phi) is 4.29. The van der Waals surface area contributed by atoms with Crippen LogP contribution in [0.2, 0.25) is 0 Å². The molecular weight excluding hydrogens is 320 g/mol. The molecule has 2 aromatic carbocycles. The molecular formula is C15H15BrN2O2. The molecule has 5 heteroatoms. The van der Waals surface area contributed by atoms with Gasteiger partial charge < -0.3 is 15.8 Å². The number of hydrogen-bond donors (Lipinski definition) is 2. The first-order valence-electron chi connectivity index (χ1n) is 6.01. The van der Waals surface area contributed by atoms with Gasteiger partial charge in [-0.25, -0.2) is 0 Å². The van der Waals surface area contributed by atoms with Gasteiger partial charge in [0.25, 0.3) is 5.91 Å². The van der Waals surface area contributed by atoms with Gasteiger partial charge in [0, 0.05) is 15.7 Å². The molecule has 0 saturated heterocycles. The van der Waals surface area contributed by atoms with Gasteiger partial charge in [0.05, 0.1) is 12.8 Å². The standard InChI is InChI=1S/C15H15BrN2O2/c1-9-5-10(7-12(17)6-9)15(19)18-13-8-11(16)3-4-14(13)20-2/h3-8H,17H2,1-2H3,(H,18,19). The van der Waals surface area contributed by atoms with E-state index in [1.807, 2.05) is 19.1 Å². The Morgan fingerprint density at radius 2 is 2.00 bits per heavy atom. The van der Waals surface area contributed by atoms with E-state index in [-0.39, 0.29) is 5.91 Å². The summed E-state index contributed by atoms with van der Waals surface area (Å²) in [4.78, 5) is 12.3. The summed E-state index contributed by atoms with van der Waals surface area (Å²) in [5.74, 6) is 0.374. The zero-order valence-electron chi connectivity index (χ0n) is 11.2. The molecule has 0 saturated carbocycles. The first kappa shape index (κ1) is 14.4. The Morgan fingerprint density at radius 1 is 1.25 bits per heavy atom. The molecule has 0 bridgehead atoms. The first-order chi connectivity index (χ1) is 9.49. The largest absolute Gasteiger partial charge is 0.495 e. The Balaban J connectivity index is 2.29. The van der Waals surface area contributed by atoms with Crippen LogP contribution >= 0.6 is 15.9 Å². The Bertz CT molecular complexity index is 636. The number of halogens is 1. The maximum atomic E-state index is 12.3. The third-order valence-electron chi connectivity index (χ3n) is 2.77. The van der Waals surface area contributed by atoms with Crippen LogP contribution in [-0.4, -0.2) is 13.0 Å². The molecule has 4 nitrogen and oxygen atoms in total. The van der Waals surface area contributed by atoms with E-state index in [0.29, 0.717) is 22.7 Å². The monoisotopic (exact) mass is 334 g/mol. The molecule has 0 aromatic heterocycles. The van der Waals surface area contributed by atoms with E-state index >= 15 is 0 Å². The SMILES string of the molecule is COc1ccc(Br)cc1NC(=O)c1cc(C)cc(N)c1. The minimum atomic E-state index is -0.225. The number of carbonyl (C=O) groups excluding carboxylic acids is 1. The highest BCUT2D eigenvalue weighted by Crippen LogP contribution is 2.28. The van der Waals surface area contributed by atoms with Crippen LogP contribution in [0.25, 0.3) is 0 Å². The molecule has 3 N–H and O–H groups in total. The van der Waals surface area contributed by atoms with Gasteiger partial charge in [-0.05, 0) is 48.9 Å². The Labute approximate surface area is 126 Å². The lowest BCUT2D eigenvalue weighted by atomic mass is 10.1. The van der Waals surface area contributed by atoms with Gasteiger partial charge in [-0.15, -0.1) is 0 Å².